The summed E-state index contributed by atoms with van der Waals surface area (Å²) in [6, 6.07) is 139. The van der Waals surface area contributed by atoms with Gasteiger partial charge in [-0.1, -0.05) is 237 Å². The van der Waals surface area contributed by atoms with Crippen LogP contribution in [0.25, 0.3) is 97.4 Å². The Kier molecular flexibility index (Phi) is 17.0. The molecule has 12 saturated carbocycles. The highest BCUT2D eigenvalue weighted by Crippen LogP contribution is 2.74. The van der Waals surface area contributed by atoms with Gasteiger partial charge in [-0.3, -0.25) is 0 Å². The lowest BCUT2D eigenvalue weighted by molar-refractivity contribution is -0.0399. The fraction of sp³-hybridized carbons (Fsp3) is 0.242. The molecule has 3 spiro atoms. The largest absolute Gasteiger partial charge is 0.456 e. The van der Waals surface area contributed by atoms with Crippen molar-refractivity contribution in [3.05, 3.63) is 403 Å². The van der Waals surface area contributed by atoms with E-state index in [9.17, 15) is 0 Å². The molecule has 12 fully saturated rings. The maximum Gasteiger partial charge on any atom is 0.135 e. The number of hydrogen-bond acceptors (Lipinski definition) is 5. The Morgan fingerprint density at radius 2 is 0.512 bits per heavy atom. The average Bonchev–Trinajstić information content (AvgIpc) is 1.54. The highest BCUT2D eigenvalue weighted by atomic mass is 32.1. The van der Waals surface area contributed by atoms with Crippen molar-refractivity contribution in [2.45, 2.75) is 113 Å². The van der Waals surface area contributed by atoms with Gasteiger partial charge >= 0.3 is 0 Å². The molecule has 2 heterocycles. The van der Waals surface area contributed by atoms with Gasteiger partial charge in [0.25, 0.3) is 0 Å². The van der Waals surface area contributed by atoms with Crippen LogP contribution in [0.15, 0.2) is 374 Å². The van der Waals surface area contributed by atoms with E-state index in [0.717, 1.165) is 98.6 Å². The van der Waals surface area contributed by atoms with E-state index in [2.05, 4.69) is 379 Å². The molecule has 33 rings (SSSR count). The number of hydrogen-bond donors (Lipinski definition) is 0. The number of nitrogens with zero attached hydrogens (tertiary/aromatic N) is 3. The molecule has 4 nitrogen and oxygen atoms in total. The summed E-state index contributed by atoms with van der Waals surface area (Å²) < 4.78 is 8.89. The molecule has 0 radical (unpaired) electrons. The van der Waals surface area contributed by atoms with Gasteiger partial charge in [0.05, 0.1) is 0 Å². The molecule has 129 heavy (non-hydrogen) atoms. The first-order valence-corrected chi connectivity index (χ1v) is 49.3. The van der Waals surface area contributed by atoms with Gasteiger partial charge in [-0.25, -0.2) is 0 Å². The molecule has 0 saturated heterocycles. The molecule has 626 valence electrons. The number of furan rings is 1. The Bertz CT molecular complexity index is 7140. The molecule has 15 aliphatic carbocycles. The van der Waals surface area contributed by atoms with Gasteiger partial charge < -0.3 is 19.1 Å². The van der Waals surface area contributed by atoms with Crippen LogP contribution in [0.5, 0.6) is 0 Å². The van der Waals surface area contributed by atoms with Gasteiger partial charge in [0, 0.05) is 98.4 Å². The van der Waals surface area contributed by atoms with Gasteiger partial charge in [0.1, 0.15) is 11.2 Å². The Hall–Kier alpha value is -12.8. The Labute approximate surface area is 760 Å². The minimum Gasteiger partial charge on any atom is -0.456 e. The molecule has 0 atom stereocenters. The van der Waals surface area contributed by atoms with Crippen LogP contribution in [0, 0.1) is 71.0 Å². The molecule has 18 aromatic rings. The zero-order chi connectivity index (χ0) is 84.4. The minimum atomic E-state index is 0.198. The standard InChI is InChI=1S/C44H37N.C40H33NO.C40H33NS/c1-2-11-35(12-3-1)45(36-19-17-32(18-20-36)39-15-8-10-31-9-4-5-13-38(31)39)37-21-22-43-41(28-37)40-14-6-7-16-42(40)44(43)33-24-29-23-30(26-33)27-34(44)25-29;2*1-2-8-29(9-3-1)41(31-15-17-39-35(24-31)33-11-5-7-13-38(33)42-39)30-14-16-37-34(23-30)32-10-4-6-12-36(32)40(37)27-19-25-18-26(21-27)22-28(40)20-25/h1-22,28-30,33-34H,23-27H2;2*1-17,23-28H,18-22H2. The fourth-order valence-corrected chi connectivity index (χ4v) is 32.0. The Morgan fingerprint density at radius 3 is 0.977 bits per heavy atom. The first kappa shape index (κ1) is 75.2. The van der Waals surface area contributed by atoms with E-state index in [1.807, 2.05) is 17.4 Å². The van der Waals surface area contributed by atoms with E-state index >= 15 is 0 Å². The molecule has 2 aromatic heterocycles. The maximum absolute atomic E-state index is 6.19. The molecule has 12 bridgehead atoms. The van der Waals surface area contributed by atoms with E-state index in [-0.39, 0.29) is 16.2 Å². The van der Waals surface area contributed by atoms with Crippen molar-refractivity contribution >= 4 is 115 Å². The van der Waals surface area contributed by atoms with Crippen LogP contribution in [0.3, 0.4) is 0 Å². The predicted molar refractivity (Wildman–Crippen MR) is 536 cm³/mol. The number of thiophene rings is 1. The molecule has 15 aliphatic rings. The summed E-state index contributed by atoms with van der Waals surface area (Å²) in [5, 5.41) is 7.58. The molecule has 16 aromatic carbocycles. The molecule has 0 aliphatic heterocycles. The topological polar surface area (TPSA) is 22.9 Å². The van der Waals surface area contributed by atoms with Crippen LogP contribution in [0.1, 0.15) is 130 Å². The van der Waals surface area contributed by atoms with Crippen LogP contribution < -0.4 is 14.7 Å². The quantitative estimate of drug-likeness (QED) is 0.136. The maximum atomic E-state index is 6.19. The van der Waals surface area contributed by atoms with E-state index in [4.69, 9.17) is 4.42 Å². The van der Waals surface area contributed by atoms with Crippen molar-refractivity contribution in [2.75, 3.05) is 14.7 Å². The zero-order valence-corrected chi connectivity index (χ0v) is 73.7. The van der Waals surface area contributed by atoms with Gasteiger partial charge in [0.2, 0.25) is 0 Å². The third-order valence-corrected chi connectivity index (χ3v) is 36.0. The second-order valence-electron chi connectivity index (χ2n) is 41.0. The first-order chi connectivity index (χ1) is 63.8. The van der Waals surface area contributed by atoms with Crippen molar-refractivity contribution < 1.29 is 4.42 Å². The number of benzene rings is 16. The second kappa shape index (κ2) is 29.1. The summed E-state index contributed by atoms with van der Waals surface area (Å²) in [5.41, 5.74) is 34.3. The van der Waals surface area contributed by atoms with E-state index in [1.165, 1.54) is 217 Å². The first-order valence-electron chi connectivity index (χ1n) is 48.5. The molecular weight excluding hydrogens is 1580 g/mol. The number of fused-ring (bicyclic) bond motifs is 16. The SMILES string of the molecule is c1ccc(N(c2ccc(-c3cccc4ccccc34)cc2)c2ccc3c(c2)-c2ccccc2C32C3CC4CC(C3)CC2C4)cc1.c1ccc(N(c2ccc3c(c2)-c2ccccc2C32C3CC4CC(C3)CC2C4)c2ccc3oc4ccccc4c3c2)cc1.c1ccc(N(c2ccc3c(c2)-c2ccccc2C32C3CC4CC(C3)CC2C4)c2ccc3sc4ccccc4c3c2)cc1. The van der Waals surface area contributed by atoms with Crippen molar-refractivity contribution in [1.82, 2.24) is 0 Å². The summed E-state index contributed by atoms with van der Waals surface area (Å²) in [4.78, 5) is 7.33. The van der Waals surface area contributed by atoms with Gasteiger partial charge in [-0.05, 0) is 389 Å². The molecule has 0 amide bonds. The highest BCUT2D eigenvalue weighted by molar-refractivity contribution is 7.25. The highest BCUT2D eigenvalue weighted by Gasteiger charge is 2.65. The number of anilines is 9. The van der Waals surface area contributed by atoms with Crippen molar-refractivity contribution in [3.63, 3.8) is 0 Å². The predicted octanol–water partition coefficient (Wildman–Crippen LogP) is 33.7. The summed E-state index contributed by atoms with van der Waals surface area (Å²) >= 11 is 1.89. The normalized spacial score (nSPS) is 26.2. The summed E-state index contributed by atoms with van der Waals surface area (Å²) in [6.45, 7) is 0. The van der Waals surface area contributed by atoms with Crippen molar-refractivity contribution in [1.29, 1.82) is 0 Å². The lowest BCUT2D eigenvalue weighted by Gasteiger charge is -2.61. The van der Waals surface area contributed by atoms with Crippen LogP contribution in [-0.4, -0.2) is 0 Å². The summed E-state index contributed by atoms with van der Waals surface area (Å²) in [7, 11) is 0. The number of para-hydroxylation sites is 4. The third kappa shape index (κ3) is 11.3. The Balaban J connectivity index is 0.0000000976. The summed E-state index contributed by atoms with van der Waals surface area (Å²) in [6.07, 6.45) is 21.5. The van der Waals surface area contributed by atoms with Crippen molar-refractivity contribution in [2.24, 2.45) is 71.0 Å². The van der Waals surface area contributed by atoms with Gasteiger partial charge in [0.15, 0.2) is 0 Å². The lowest BCUT2D eigenvalue weighted by Crippen LogP contribution is -2.55. The molecular formula is C124H103N3OS. The molecule has 5 heteroatoms. The van der Waals surface area contributed by atoms with Crippen LogP contribution in [-0.2, 0) is 16.2 Å². The Morgan fingerprint density at radius 1 is 0.202 bits per heavy atom. The van der Waals surface area contributed by atoms with Crippen LogP contribution in [0.4, 0.5) is 51.2 Å². The zero-order valence-electron chi connectivity index (χ0n) is 72.9. The molecule has 0 N–H and O–H groups in total. The summed E-state index contributed by atoms with van der Waals surface area (Å²) in [5.74, 6) is 10.5. The lowest BCUT2D eigenvalue weighted by atomic mass is 9.43. The smallest absolute Gasteiger partial charge is 0.135 e. The van der Waals surface area contributed by atoms with Crippen molar-refractivity contribution in [3.8, 4) is 44.5 Å². The van der Waals surface area contributed by atoms with E-state index in [0.29, 0.717) is 0 Å². The van der Waals surface area contributed by atoms with E-state index < -0.39 is 0 Å². The molecule has 0 unspecified atom stereocenters. The van der Waals surface area contributed by atoms with Gasteiger partial charge in [-0.2, -0.15) is 0 Å². The minimum absolute atomic E-state index is 0.198. The van der Waals surface area contributed by atoms with Crippen LogP contribution >= 0.6 is 11.3 Å². The second-order valence-corrected chi connectivity index (χ2v) is 42.1. The average molecular weight is 1680 g/mol. The number of rotatable bonds is 10. The third-order valence-electron chi connectivity index (χ3n) is 34.9. The van der Waals surface area contributed by atoms with Crippen LogP contribution in [0.2, 0.25) is 0 Å². The monoisotopic (exact) mass is 1680 g/mol. The van der Waals surface area contributed by atoms with E-state index in [1.54, 1.807) is 33.4 Å². The van der Waals surface area contributed by atoms with Gasteiger partial charge in [-0.15, -0.1) is 11.3 Å². The fourth-order valence-electron chi connectivity index (χ4n) is 30.9.